The Balaban J connectivity index is 2.32. The van der Waals surface area contributed by atoms with Crippen LogP contribution in [0.15, 0.2) is 11.2 Å². The number of nitrogens with one attached hydrogen (secondary N) is 1. The minimum Gasteiger partial charge on any atom is -0.481 e. The van der Waals surface area contributed by atoms with Crippen LogP contribution in [0.4, 0.5) is 0 Å². The first-order valence-corrected chi connectivity index (χ1v) is 7.55. The Morgan fingerprint density at radius 1 is 1.70 bits per heavy atom. The van der Waals surface area contributed by atoms with Crippen molar-refractivity contribution in [2.24, 2.45) is 12.5 Å². The van der Waals surface area contributed by atoms with Gasteiger partial charge in [-0.2, -0.15) is 5.10 Å². The van der Waals surface area contributed by atoms with Gasteiger partial charge >= 0.3 is 5.97 Å². The second kappa shape index (κ2) is 4.99. The van der Waals surface area contributed by atoms with E-state index in [9.17, 15) is 18.3 Å². The Kier molecular flexibility index (Phi) is 3.80. The summed E-state index contributed by atoms with van der Waals surface area (Å²) in [6, 6.07) is -0.879. The summed E-state index contributed by atoms with van der Waals surface area (Å²) in [5, 5.41) is 12.7. The number of sulfonamides is 1. The molecule has 8 nitrogen and oxygen atoms in total. The van der Waals surface area contributed by atoms with Gasteiger partial charge in [-0.15, -0.1) is 0 Å². The van der Waals surface area contributed by atoms with Gasteiger partial charge in [0, 0.05) is 7.05 Å². The molecule has 0 aliphatic carbocycles. The fourth-order valence-electron chi connectivity index (χ4n) is 1.99. The van der Waals surface area contributed by atoms with E-state index in [-0.39, 0.29) is 23.3 Å². The molecule has 0 amide bonds. The van der Waals surface area contributed by atoms with Gasteiger partial charge in [0.2, 0.25) is 0 Å². The number of hydrogen-bond donors (Lipinski definition) is 2. The van der Waals surface area contributed by atoms with Gasteiger partial charge in [0.25, 0.3) is 10.0 Å². The molecule has 20 heavy (non-hydrogen) atoms. The molecule has 2 heterocycles. The number of aryl methyl sites for hydroxylation is 1. The first kappa shape index (κ1) is 15.2. The van der Waals surface area contributed by atoms with E-state index in [2.05, 4.69) is 9.82 Å². The highest BCUT2D eigenvalue weighted by atomic mass is 35.5. The summed E-state index contributed by atoms with van der Waals surface area (Å²) in [5.74, 6) is -1.13. The molecule has 0 bridgehead atoms. The Morgan fingerprint density at radius 2 is 2.35 bits per heavy atom. The van der Waals surface area contributed by atoms with E-state index in [1.54, 1.807) is 0 Å². The molecule has 1 aromatic heterocycles. The van der Waals surface area contributed by atoms with Crippen molar-refractivity contribution >= 4 is 27.6 Å². The number of nitrogens with zero attached hydrogens (tertiary/aromatic N) is 2. The minimum atomic E-state index is -3.99. The van der Waals surface area contributed by atoms with Crippen LogP contribution in [-0.2, 0) is 26.6 Å². The van der Waals surface area contributed by atoms with E-state index >= 15 is 0 Å². The predicted molar refractivity (Wildman–Crippen MR) is 68.9 cm³/mol. The van der Waals surface area contributed by atoms with Gasteiger partial charge < -0.3 is 9.84 Å². The van der Waals surface area contributed by atoms with Gasteiger partial charge in [0.1, 0.15) is 5.41 Å². The molecular formula is C10H14ClN3O5S. The maximum atomic E-state index is 12.3. The third-order valence-electron chi connectivity index (χ3n) is 3.34. The van der Waals surface area contributed by atoms with Crippen LogP contribution >= 0.6 is 11.6 Å². The fraction of sp³-hybridized carbons (Fsp3) is 0.600. The first-order chi connectivity index (χ1) is 9.18. The smallest absolute Gasteiger partial charge is 0.313 e. The second-order valence-corrected chi connectivity index (χ2v) is 6.87. The summed E-state index contributed by atoms with van der Waals surface area (Å²) in [4.78, 5) is 11.3. The molecule has 2 atom stereocenters. The Morgan fingerprint density at radius 3 is 2.85 bits per heavy atom. The summed E-state index contributed by atoms with van der Waals surface area (Å²) >= 11 is 5.80. The zero-order valence-electron chi connectivity index (χ0n) is 10.8. The molecule has 0 spiro atoms. The molecule has 2 unspecified atom stereocenters. The number of aliphatic carboxylic acids is 1. The molecule has 0 radical (unpaired) electrons. The third-order valence-corrected chi connectivity index (χ3v) is 5.32. The van der Waals surface area contributed by atoms with E-state index < -0.39 is 27.4 Å². The van der Waals surface area contributed by atoms with Gasteiger partial charge in [-0.3, -0.25) is 9.48 Å². The van der Waals surface area contributed by atoms with Gasteiger partial charge in [0.15, 0.2) is 5.03 Å². The second-order valence-electron chi connectivity index (χ2n) is 4.83. The van der Waals surface area contributed by atoms with Gasteiger partial charge in [-0.1, -0.05) is 11.6 Å². The van der Waals surface area contributed by atoms with Crippen molar-refractivity contribution in [3.8, 4) is 0 Å². The van der Waals surface area contributed by atoms with E-state index in [0.717, 1.165) is 4.68 Å². The maximum Gasteiger partial charge on any atom is 0.313 e. The topological polar surface area (TPSA) is 111 Å². The molecule has 1 saturated heterocycles. The number of carboxylic acid groups (broad SMARTS) is 1. The lowest BCUT2D eigenvalue weighted by molar-refractivity contribution is -0.148. The van der Waals surface area contributed by atoms with Crippen molar-refractivity contribution in [1.29, 1.82) is 0 Å². The summed E-state index contributed by atoms with van der Waals surface area (Å²) in [6.45, 7) is 1.35. The molecule has 112 valence electrons. The van der Waals surface area contributed by atoms with Crippen LogP contribution in [0.2, 0.25) is 5.02 Å². The third kappa shape index (κ3) is 2.41. The molecule has 0 aromatic carbocycles. The lowest BCUT2D eigenvalue weighted by Gasteiger charge is -2.25. The van der Waals surface area contributed by atoms with Crippen molar-refractivity contribution < 1.29 is 23.1 Å². The lowest BCUT2D eigenvalue weighted by Crippen LogP contribution is -2.49. The molecule has 1 fully saturated rings. The van der Waals surface area contributed by atoms with Gasteiger partial charge in [0.05, 0.1) is 30.5 Å². The van der Waals surface area contributed by atoms with E-state index in [4.69, 9.17) is 16.3 Å². The number of ether oxygens (including phenoxy) is 1. The predicted octanol–water partition coefficient (Wildman–Crippen LogP) is -0.158. The molecular weight excluding hydrogens is 310 g/mol. The first-order valence-electron chi connectivity index (χ1n) is 5.69. The largest absolute Gasteiger partial charge is 0.481 e. The van der Waals surface area contributed by atoms with Crippen LogP contribution in [0.5, 0.6) is 0 Å². The van der Waals surface area contributed by atoms with Crippen LogP contribution in [0.25, 0.3) is 0 Å². The number of hydrogen-bond acceptors (Lipinski definition) is 5. The number of rotatable bonds is 4. The van der Waals surface area contributed by atoms with Gasteiger partial charge in [-0.05, 0) is 6.92 Å². The zero-order valence-corrected chi connectivity index (χ0v) is 12.4. The van der Waals surface area contributed by atoms with Crippen LogP contribution in [-0.4, -0.2) is 48.5 Å². The van der Waals surface area contributed by atoms with Crippen molar-refractivity contribution in [1.82, 2.24) is 14.5 Å². The Labute approximate surface area is 120 Å². The Hall–Kier alpha value is -1.16. The van der Waals surface area contributed by atoms with E-state index in [1.807, 2.05) is 0 Å². The molecule has 2 rings (SSSR count). The van der Waals surface area contributed by atoms with Crippen LogP contribution in [0.3, 0.4) is 0 Å². The van der Waals surface area contributed by atoms with Crippen LogP contribution in [0, 0.1) is 5.41 Å². The number of carbonyl (C=O) groups is 1. The maximum absolute atomic E-state index is 12.3. The fourth-order valence-corrected chi connectivity index (χ4v) is 3.98. The molecule has 1 aromatic rings. The molecule has 10 heteroatoms. The minimum absolute atomic E-state index is 0.0164. The van der Waals surface area contributed by atoms with Crippen LogP contribution < -0.4 is 4.72 Å². The standard InChI is InChI=1S/C10H14ClN3O5S/c1-10(9(15)16)5-19-4-7(10)13-20(17,18)8-6(11)3-12-14(8)2/h3,7,13H,4-5H2,1-2H3,(H,15,16). The van der Waals surface area contributed by atoms with Crippen LogP contribution in [0.1, 0.15) is 6.92 Å². The highest BCUT2D eigenvalue weighted by Gasteiger charge is 2.48. The summed E-state index contributed by atoms with van der Waals surface area (Å²) in [6.07, 6.45) is 1.21. The normalized spacial score (nSPS) is 26.9. The lowest BCUT2D eigenvalue weighted by atomic mass is 9.86. The molecule has 0 saturated carbocycles. The Bertz CT molecular complexity index is 624. The summed E-state index contributed by atoms with van der Waals surface area (Å²) in [7, 11) is -2.56. The summed E-state index contributed by atoms with van der Waals surface area (Å²) < 4.78 is 33.1. The number of aromatic nitrogens is 2. The van der Waals surface area contributed by atoms with Crippen molar-refractivity contribution in [2.75, 3.05) is 13.2 Å². The average molecular weight is 324 g/mol. The van der Waals surface area contributed by atoms with Gasteiger partial charge in [-0.25, -0.2) is 13.1 Å². The quantitative estimate of drug-likeness (QED) is 0.796. The molecule has 1 aliphatic rings. The van der Waals surface area contributed by atoms with Crippen molar-refractivity contribution in [2.45, 2.75) is 18.0 Å². The summed E-state index contributed by atoms with van der Waals surface area (Å²) in [5.41, 5.74) is -1.32. The highest BCUT2D eigenvalue weighted by molar-refractivity contribution is 7.89. The average Bonchev–Trinajstić information content (AvgIpc) is 2.84. The van der Waals surface area contributed by atoms with Crippen molar-refractivity contribution in [3.63, 3.8) is 0 Å². The zero-order chi connectivity index (χ0) is 15.1. The SMILES string of the molecule is Cn1ncc(Cl)c1S(=O)(=O)NC1COCC1(C)C(=O)O. The molecule has 1 aliphatic heterocycles. The molecule has 2 N–H and O–H groups in total. The number of carboxylic acids is 1. The number of halogens is 1. The van der Waals surface area contributed by atoms with E-state index in [0.29, 0.717) is 0 Å². The van der Waals surface area contributed by atoms with Crippen molar-refractivity contribution in [3.05, 3.63) is 11.2 Å². The van der Waals surface area contributed by atoms with E-state index in [1.165, 1.54) is 20.2 Å². The monoisotopic (exact) mass is 323 g/mol. The highest BCUT2D eigenvalue weighted by Crippen LogP contribution is 2.30.